The lowest BCUT2D eigenvalue weighted by Gasteiger charge is -2.17. The molecule has 0 aliphatic rings. The minimum Gasteiger partial charge on any atom is -0.496 e. The monoisotopic (exact) mass is 355 g/mol. The Morgan fingerprint density at radius 3 is 2.30 bits per heavy atom. The molecule has 2 rings (SSSR count). The molecule has 1 unspecified atom stereocenters. The average molecular weight is 356 g/mol. The highest BCUT2D eigenvalue weighted by molar-refractivity contribution is 7.89. The van der Waals surface area contributed by atoms with Gasteiger partial charge in [0.1, 0.15) is 11.5 Å². The predicted octanol–water partition coefficient (Wildman–Crippen LogP) is 3.40. The second kappa shape index (κ2) is 7.21. The van der Waals surface area contributed by atoms with Crippen LogP contribution >= 0.6 is 11.6 Å². The summed E-state index contributed by atoms with van der Waals surface area (Å²) in [5, 5.41) is 0.236. The lowest BCUT2D eigenvalue weighted by atomic mass is 10.1. The Morgan fingerprint density at radius 1 is 1.04 bits per heavy atom. The first-order chi connectivity index (χ1) is 10.9. The molecule has 0 fully saturated rings. The van der Waals surface area contributed by atoms with Crippen LogP contribution in [0.3, 0.4) is 0 Å². The van der Waals surface area contributed by atoms with Gasteiger partial charge < -0.3 is 9.47 Å². The van der Waals surface area contributed by atoms with Crippen LogP contribution in [0.1, 0.15) is 18.5 Å². The standard InChI is InChI=1S/C16H18ClNO4S/c1-11(13-6-4-5-7-15(13)21-2)18-23(19,20)12-8-9-16(22-3)14(17)10-12/h4-11,18H,1-3H3. The third-order valence-electron chi connectivity index (χ3n) is 3.37. The smallest absolute Gasteiger partial charge is 0.241 e. The first kappa shape index (κ1) is 17.6. The van der Waals surface area contributed by atoms with Crippen molar-refractivity contribution in [1.82, 2.24) is 4.72 Å². The van der Waals surface area contributed by atoms with Crippen LogP contribution in [0, 0.1) is 0 Å². The van der Waals surface area contributed by atoms with Crippen molar-refractivity contribution in [2.24, 2.45) is 0 Å². The largest absolute Gasteiger partial charge is 0.496 e. The quantitative estimate of drug-likeness (QED) is 0.862. The van der Waals surface area contributed by atoms with Crippen molar-refractivity contribution in [1.29, 1.82) is 0 Å². The third-order valence-corrected chi connectivity index (χ3v) is 5.20. The molecule has 0 radical (unpaired) electrons. The molecule has 2 aromatic carbocycles. The van der Waals surface area contributed by atoms with Crippen molar-refractivity contribution in [2.75, 3.05) is 14.2 Å². The van der Waals surface area contributed by atoms with Gasteiger partial charge in [0, 0.05) is 11.6 Å². The summed E-state index contributed by atoms with van der Waals surface area (Å²) in [5.74, 6) is 1.04. The highest BCUT2D eigenvalue weighted by Crippen LogP contribution is 2.29. The van der Waals surface area contributed by atoms with E-state index in [0.717, 1.165) is 5.56 Å². The number of rotatable bonds is 6. The van der Waals surface area contributed by atoms with Crippen LogP contribution in [-0.2, 0) is 10.0 Å². The summed E-state index contributed by atoms with van der Waals surface area (Å²) in [5.41, 5.74) is 0.748. The number of hydrogen-bond donors (Lipinski definition) is 1. The molecule has 0 saturated heterocycles. The molecular weight excluding hydrogens is 338 g/mol. The van der Waals surface area contributed by atoms with Crippen LogP contribution in [0.4, 0.5) is 0 Å². The number of sulfonamides is 1. The average Bonchev–Trinajstić information content (AvgIpc) is 2.54. The Hall–Kier alpha value is -1.76. The number of hydrogen-bond acceptors (Lipinski definition) is 4. The van der Waals surface area contributed by atoms with Crippen LogP contribution in [0.15, 0.2) is 47.4 Å². The van der Waals surface area contributed by atoms with E-state index in [4.69, 9.17) is 21.1 Å². The van der Waals surface area contributed by atoms with Gasteiger partial charge in [-0.05, 0) is 31.2 Å². The van der Waals surface area contributed by atoms with Gasteiger partial charge in [-0.2, -0.15) is 0 Å². The lowest BCUT2D eigenvalue weighted by molar-refractivity contribution is 0.405. The molecule has 0 bridgehead atoms. The summed E-state index contributed by atoms with van der Waals surface area (Å²) in [4.78, 5) is 0.0741. The molecule has 0 spiro atoms. The van der Waals surface area contributed by atoms with E-state index < -0.39 is 16.1 Å². The van der Waals surface area contributed by atoms with Crippen molar-refractivity contribution < 1.29 is 17.9 Å². The fraction of sp³-hybridized carbons (Fsp3) is 0.250. The van der Waals surface area contributed by atoms with Gasteiger partial charge in [-0.3, -0.25) is 0 Å². The van der Waals surface area contributed by atoms with E-state index in [1.165, 1.54) is 25.3 Å². The summed E-state index contributed by atoms with van der Waals surface area (Å²) in [6.07, 6.45) is 0. The molecule has 0 aromatic heterocycles. The lowest BCUT2D eigenvalue weighted by Crippen LogP contribution is -2.27. The normalized spacial score (nSPS) is 12.7. The maximum absolute atomic E-state index is 12.5. The van der Waals surface area contributed by atoms with Gasteiger partial charge in [0.15, 0.2) is 0 Å². The molecule has 5 nitrogen and oxygen atoms in total. The van der Waals surface area contributed by atoms with Crippen molar-refractivity contribution in [2.45, 2.75) is 17.9 Å². The minimum atomic E-state index is -3.73. The van der Waals surface area contributed by atoms with E-state index in [9.17, 15) is 8.42 Å². The summed E-state index contributed by atoms with van der Waals surface area (Å²) < 4.78 is 37.9. The zero-order chi connectivity index (χ0) is 17.0. The molecule has 7 heteroatoms. The summed E-state index contributed by atoms with van der Waals surface area (Å²) >= 11 is 6.00. The van der Waals surface area contributed by atoms with E-state index in [2.05, 4.69) is 4.72 Å². The molecule has 0 aliphatic heterocycles. The van der Waals surface area contributed by atoms with Crippen LogP contribution < -0.4 is 14.2 Å². The molecule has 0 aliphatic carbocycles. The molecular formula is C16H18ClNO4S. The molecule has 2 aromatic rings. The van der Waals surface area contributed by atoms with Crippen LogP contribution in [-0.4, -0.2) is 22.6 Å². The Kier molecular flexibility index (Phi) is 5.51. The molecule has 0 heterocycles. The molecule has 1 atom stereocenters. The molecule has 23 heavy (non-hydrogen) atoms. The van der Waals surface area contributed by atoms with Crippen molar-refractivity contribution >= 4 is 21.6 Å². The predicted molar refractivity (Wildman–Crippen MR) is 89.7 cm³/mol. The van der Waals surface area contributed by atoms with Gasteiger partial charge in [-0.15, -0.1) is 0 Å². The SMILES string of the molecule is COc1ccc(S(=O)(=O)NC(C)c2ccccc2OC)cc1Cl. The highest BCUT2D eigenvalue weighted by atomic mass is 35.5. The second-order valence-electron chi connectivity index (χ2n) is 4.88. The first-order valence-electron chi connectivity index (χ1n) is 6.88. The molecule has 0 saturated carbocycles. The van der Waals surface area contributed by atoms with Crippen molar-refractivity contribution in [3.8, 4) is 11.5 Å². The van der Waals surface area contributed by atoms with Gasteiger partial charge in [0.05, 0.1) is 24.1 Å². The number of nitrogens with one attached hydrogen (secondary N) is 1. The molecule has 1 N–H and O–H groups in total. The van der Waals surface area contributed by atoms with Gasteiger partial charge in [0.25, 0.3) is 0 Å². The Morgan fingerprint density at radius 2 is 1.70 bits per heavy atom. The van der Waals surface area contributed by atoms with Gasteiger partial charge in [-0.25, -0.2) is 13.1 Å². The fourth-order valence-electron chi connectivity index (χ4n) is 2.20. The van der Waals surface area contributed by atoms with Crippen LogP contribution in [0.25, 0.3) is 0 Å². The van der Waals surface area contributed by atoms with Crippen molar-refractivity contribution in [3.05, 3.63) is 53.1 Å². The third kappa shape index (κ3) is 3.96. The molecule has 124 valence electrons. The topological polar surface area (TPSA) is 64.6 Å². The Bertz CT molecular complexity index is 792. The zero-order valence-corrected chi connectivity index (χ0v) is 14.6. The number of methoxy groups -OCH3 is 2. The van der Waals surface area contributed by atoms with Gasteiger partial charge >= 0.3 is 0 Å². The maximum atomic E-state index is 12.5. The van der Waals surface area contributed by atoms with E-state index >= 15 is 0 Å². The maximum Gasteiger partial charge on any atom is 0.241 e. The summed E-state index contributed by atoms with van der Waals surface area (Å²) in [7, 11) is -0.711. The number of halogens is 1. The van der Waals surface area contributed by atoms with E-state index in [0.29, 0.717) is 11.5 Å². The zero-order valence-electron chi connectivity index (χ0n) is 13.0. The Labute approximate surface area is 141 Å². The number of benzene rings is 2. The second-order valence-corrected chi connectivity index (χ2v) is 7.00. The van der Waals surface area contributed by atoms with Crippen LogP contribution in [0.5, 0.6) is 11.5 Å². The number of para-hydroxylation sites is 1. The van der Waals surface area contributed by atoms with E-state index in [-0.39, 0.29) is 9.92 Å². The summed E-state index contributed by atoms with van der Waals surface area (Å²) in [6.45, 7) is 1.75. The van der Waals surface area contributed by atoms with E-state index in [1.807, 2.05) is 18.2 Å². The van der Waals surface area contributed by atoms with Gasteiger partial charge in [-0.1, -0.05) is 29.8 Å². The van der Waals surface area contributed by atoms with Crippen molar-refractivity contribution in [3.63, 3.8) is 0 Å². The van der Waals surface area contributed by atoms with E-state index in [1.54, 1.807) is 20.1 Å². The van der Waals surface area contributed by atoms with Crippen LogP contribution in [0.2, 0.25) is 5.02 Å². The molecule has 0 amide bonds. The fourth-order valence-corrected chi connectivity index (χ4v) is 3.77. The highest BCUT2D eigenvalue weighted by Gasteiger charge is 2.21. The van der Waals surface area contributed by atoms with Gasteiger partial charge in [0.2, 0.25) is 10.0 Å². The first-order valence-corrected chi connectivity index (χ1v) is 8.74. The minimum absolute atomic E-state index is 0.0741. The summed E-state index contributed by atoms with van der Waals surface area (Å²) in [6, 6.07) is 11.1. The number of ether oxygens (including phenoxy) is 2. The Balaban J connectivity index is 2.29.